The number of hydrogen-bond donors (Lipinski definition) is 1. The molecule has 4 nitrogen and oxygen atoms in total. The molecule has 0 fully saturated rings. The van der Waals surface area contributed by atoms with E-state index in [0.717, 1.165) is 19.3 Å². The van der Waals surface area contributed by atoms with Gasteiger partial charge in [0.2, 0.25) is 0 Å². The van der Waals surface area contributed by atoms with Gasteiger partial charge in [-0.25, -0.2) is 0 Å². The molecule has 0 aliphatic rings. The lowest BCUT2D eigenvalue weighted by molar-refractivity contribution is -0.186. The molecule has 118 valence electrons. The van der Waals surface area contributed by atoms with Crippen molar-refractivity contribution in [1.82, 2.24) is 0 Å². The first kappa shape index (κ1) is 19.4. The summed E-state index contributed by atoms with van der Waals surface area (Å²) in [6.07, 6.45) is 7.33. The van der Waals surface area contributed by atoms with Crippen LogP contribution in [0.3, 0.4) is 0 Å². The molecule has 0 rings (SSSR count). The highest BCUT2D eigenvalue weighted by molar-refractivity contribution is 4.98. The molecule has 0 spiro atoms. The fourth-order valence-electron chi connectivity index (χ4n) is 1.63. The van der Waals surface area contributed by atoms with Crippen LogP contribution in [0.4, 0.5) is 0 Å². The van der Waals surface area contributed by atoms with Gasteiger partial charge in [0, 0.05) is 20.0 Å². The molecule has 0 aliphatic heterocycles. The summed E-state index contributed by atoms with van der Waals surface area (Å²) < 4.78 is 15.8. The van der Waals surface area contributed by atoms with Gasteiger partial charge >= 0.3 is 0 Å². The van der Waals surface area contributed by atoms with Gasteiger partial charge in [-0.3, -0.25) is 0 Å². The van der Waals surface area contributed by atoms with E-state index in [0.29, 0.717) is 6.42 Å². The topological polar surface area (TPSA) is 47.9 Å². The van der Waals surface area contributed by atoms with Gasteiger partial charge in [-0.2, -0.15) is 0 Å². The minimum Gasteiger partial charge on any atom is -0.395 e. The molecule has 0 heterocycles. The van der Waals surface area contributed by atoms with E-state index in [1.807, 2.05) is 6.92 Å². The van der Waals surface area contributed by atoms with Crippen molar-refractivity contribution < 1.29 is 19.3 Å². The average molecular weight is 286 g/mol. The Morgan fingerprint density at radius 2 is 1.65 bits per heavy atom. The van der Waals surface area contributed by atoms with Crippen molar-refractivity contribution in [3.63, 3.8) is 0 Å². The Labute approximate surface area is 123 Å². The fraction of sp³-hybridized carbons (Fsp3) is 0.875. The Kier molecular flexibility index (Phi) is 14.4. The Bertz CT molecular complexity index is 257. The van der Waals surface area contributed by atoms with E-state index in [-0.39, 0.29) is 25.8 Å². The molecule has 1 N–H and O–H groups in total. The van der Waals surface area contributed by atoms with Crippen molar-refractivity contribution in [2.45, 2.75) is 71.2 Å². The second-order valence-electron chi connectivity index (χ2n) is 4.85. The molecule has 0 bridgehead atoms. The largest absolute Gasteiger partial charge is 0.395 e. The number of methoxy groups -OCH3 is 1. The minimum absolute atomic E-state index is 0.164. The normalized spacial score (nSPS) is 13.6. The van der Waals surface area contributed by atoms with Crippen molar-refractivity contribution >= 4 is 0 Å². The van der Waals surface area contributed by atoms with Crippen molar-refractivity contribution in [2.75, 3.05) is 20.5 Å². The van der Waals surface area contributed by atoms with Gasteiger partial charge in [-0.15, -0.1) is 11.8 Å². The van der Waals surface area contributed by atoms with Crippen LogP contribution in [0.25, 0.3) is 0 Å². The van der Waals surface area contributed by atoms with Gasteiger partial charge in [0.1, 0.15) is 6.79 Å². The van der Waals surface area contributed by atoms with E-state index in [1.165, 1.54) is 19.3 Å². The van der Waals surface area contributed by atoms with Crippen LogP contribution in [0.1, 0.15) is 58.8 Å². The molecule has 1 unspecified atom stereocenters. The van der Waals surface area contributed by atoms with E-state index < -0.39 is 0 Å². The molecule has 0 saturated carbocycles. The molecular formula is C16H30O4. The summed E-state index contributed by atoms with van der Waals surface area (Å²) in [7, 11) is 1.61. The summed E-state index contributed by atoms with van der Waals surface area (Å²) in [6.45, 7) is 4.37. The highest BCUT2D eigenvalue weighted by Crippen LogP contribution is 2.09. The van der Waals surface area contributed by atoms with E-state index in [1.54, 1.807) is 7.11 Å². The fourth-order valence-corrected chi connectivity index (χ4v) is 1.63. The second-order valence-corrected chi connectivity index (χ2v) is 4.85. The molecule has 0 aromatic rings. The Hall–Kier alpha value is -0.600. The van der Waals surface area contributed by atoms with E-state index >= 15 is 0 Å². The quantitative estimate of drug-likeness (QED) is 0.340. The van der Waals surface area contributed by atoms with Gasteiger partial charge in [-0.05, 0) is 26.7 Å². The number of hydrogen-bond acceptors (Lipinski definition) is 4. The predicted molar refractivity (Wildman–Crippen MR) is 80.2 cm³/mol. The van der Waals surface area contributed by atoms with Crippen molar-refractivity contribution in [3.8, 4) is 11.8 Å². The van der Waals surface area contributed by atoms with Crippen molar-refractivity contribution in [2.24, 2.45) is 0 Å². The molecule has 0 amide bonds. The number of ether oxygens (including phenoxy) is 3. The summed E-state index contributed by atoms with van der Waals surface area (Å²) in [5.41, 5.74) is 0. The Morgan fingerprint density at radius 1 is 0.950 bits per heavy atom. The molecular weight excluding hydrogens is 256 g/mol. The van der Waals surface area contributed by atoms with Crippen molar-refractivity contribution in [1.29, 1.82) is 0 Å². The van der Waals surface area contributed by atoms with Gasteiger partial charge in [0.25, 0.3) is 0 Å². The first-order valence-electron chi connectivity index (χ1n) is 7.53. The van der Waals surface area contributed by atoms with Crippen LogP contribution in [0.2, 0.25) is 0 Å². The van der Waals surface area contributed by atoms with Crippen LogP contribution in [-0.4, -0.2) is 38.0 Å². The van der Waals surface area contributed by atoms with E-state index in [9.17, 15) is 0 Å². The first-order chi connectivity index (χ1) is 9.70. The molecule has 20 heavy (non-hydrogen) atoms. The average Bonchev–Trinajstić information content (AvgIpc) is 2.45. The lowest BCUT2D eigenvalue weighted by Gasteiger charge is -2.15. The highest BCUT2D eigenvalue weighted by Gasteiger charge is 2.04. The van der Waals surface area contributed by atoms with Gasteiger partial charge in [0.15, 0.2) is 6.29 Å². The minimum atomic E-state index is -0.214. The van der Waals surface area contributed by atoms with Crippen LogP contribution >= 0.6 is 0 Å². The zero-order valence-corrected chi connectivity index (χ0v) is 13.2. The second kappa shape index (κ2) is 14.8. The van der Waals surface area contributed by atoms with Crippen LogP contribution in [-0.2, 0) is 14.2 Å². The molecule has 0 radical (unpaired) electrons. The van der Waals surface area contributed by atoms with Crippen LogP contribution < -0.4 is 0 Å². The smallest absolute Gasteiger partial charge is 0.157 e. The summed E-state index contributed by atoms with van der Waals surface area (Å²) in [6, 6.07) is 0. The summed E-state index contributed by atoms with van der Waals surface area (Å²) in [5.74, 6) is 6.00. The molecule has 2 atom stereocenters. The molecule has 4 heteroatoms. The number of aliphatic hydroxyl groups excluding tert-OH is 1. The third kappa shape index (κ3) is 13.8. The van der Waals surface area contributed by atoms with Gasteiger partial charge in [0.05, 0.1) is 12.7 Å². The maximum Gasteiger partial charge on any atom is 0.157 e. The van der Waals surface area contributed by atoms with Gasteiger partial charge in [-0.1, -0.05) is 19.3 Å². The van der Waals surface area contributed by atoms with Gasteiger partial charge < -0.3 is 19.3 Å². The Morgan fingerprint density at radius 3 is 2.35 bits per heavy atom. The number of aliphatic hydroxyl groups is 1. The summed E-state index contributed by atoms with van der Waals surface area (Å²) in [5, 5.41) is 8.57. The van der Waals surface area contributed by atoms with Crippen LogP contribution in [0.15, 0.2) is 0 Å². The Balaban J connectivity index is 3.27. The SMILES string of the molecule is COC(C)OCO[C@@H](C)CCCCCCC#CCCO. The van der Waals surface area contributed by atoms with E-state index in [4.69, 9.17) is 19.3 Å². The number of rotatable bonds is 12. The zero-order valence-electron chi connectivity index (χ0n) is 13.2. The number of unbranched alkanes of at least 4 members (excludes halogenated alkanes) is 4. The monoisotopic (exact) mass is 286 g/mol. The highest BCUT2D eigenvalue weighted by atomic mass is 16.7. The lowest BCUT2D eigenvalue weighted by atomic mass is 10.1. The lowest BCUT2D eigenvalue weighted by Crippen LogP contribution is -2.17. The van der Waals surface area contributed by atoms with Crippen LogP contribution in [0.5, 0.6) is 0 Å². The van der Waals surface area contributed by atoms with E-state index in [2.05, 4.69) is 18.8 Å². The van der Waals surface area contributed by atoms with Crippen molar-refractivity contribution in [3.05, 3.63) is 0 Å². The third-order valence-electron chi connectivity index (χ3n) is 3.01. The third-order valence-corrected chi connectivity index (χ3v) is 3.01. The zero-order chi connectivity index (χ0) is 15.1. The van der Waals surface area contributed by atoms with Crippen LogP contribution in [0, 0.1) is 11.8 Å². The summed E-state index contributed by atoms with van der Waals surface area (Å²) >= 11 is 0. The first-order valence-corrected chi connectivity index (χ1v) is 7.53. The predicted octanol–water partition coefficient (Wildman–Crippen LogP) is 3.08. The molecule has 0 aromatic carbocycles. The molecule has 0 aliphatic carbocycles. The molecule has 0 aromatic heterocycles. The standard InChI is InChI=1S/C16H30O4/c1-15(19-14-20-16(2)18-3)12-10-8-6-4-5-7-9-11-13-17/h15-17H,4-6,8,10-14H2,1-3H3/t15-,16?/m0/s1. The maximum absolute atomic E-state index is 8.57. The molecule has 0 saturated heterocycles. The maximum atomic E-state index is 8.57. The summed E-state index contributed by atoms with van der Waals surface area (Å²) in [4.78, 5) is 0.